The number of aromatic nitrogens is 1. The molecule has 0 radical (unpaired) electrons. The third-order valence-electron chi connectivity index (χ3n) is 9.72. The van der Waals surface area contributed by atoms with E-state index in [1.807, 2.05) is 48.5 Å². The molecule has 1 N–H and O–H groups in total. The van der Waals surface area contributed by atoms with E-state index in [0.29, 0.717) is 18.8 Å². The van der Waals surface area contributed by atoms with Crippen molar-refractivity contribution >= 4 is 56.5 Å². The van der Waals surface area contributed by atoms with Crippen LogP contribution in [0.1, 0.15) is 33.9 Å². The number of carbonyl (C=O) groups is 2. The van der Waals surface area contributed by atoms with Crippen LogP contribution in [0.25, 0.3) is 0 Å². The van der Waals surface area contributed by atoms with Gasteiger partial charge in [-0.15, -0.1) is 11.8 Å². The number of imide groups is 1. The number of hydrogen-bond donors (Lipinski definition) is 1. The van der Waals surface area contributed by atoms with E-state index < -0.39 is 41.1 Å². The van der Waals surface area contributed by atoms with Gasteiger partial charge in [0.25, 0.3) is 0 Å². The maximum Gasteiger partial charge on any atom is 0.418 e. The molecule has 5 unspecified atom stereocenters. The highest BCUT2D eigenvalue weighted by Crippen LogP contribution is 2.69. The number of thiazole rings is 1. The third-order valence-corrected chi connectivity index (χ3v) is 12.8. The number of nitrogens with one attached hydrogen (secondary N) is 1. The van der Waals surface area contributed by atoms with E-state index in [0.717, 1.165) is 47.8 Å². The number of alkyl halides is 3. The normalized spacial score (nSPS) is 28.3. The van der Waals surface area contributed by atoms with Crippen LogP contribution in [-0.4, -0.2) is 22.0 Å². The van der Waals surface area contributed by atoms with Crippen molar-refractivity contribution in [3.8, 4) is 5.75 Å². The first-order chi connectivity index (χ1) is 21.6. The van der Waals surface area contributed by atoms with Crippen LogP contribution < -0.4 is 14.5 Å². The second-order valence-corrected chi connectivity index (χ2v) is 15.1. The van der Waals surface area contributed by atoms with E-state index in [1.54, 1.807) is 0 Å². The molecular weight excluding hydrogens is 689 g/mol. The molecule has 7 atom stereocenters. The van der Waals surface area contributed by atoms with Gasteiger partial charge in [-0.3, -0.25) is 14.4 Å². The Morgan fingerprint density at radius 1 is 0.933 bits per heavy atom. The molecule has 3 aromatic carbocycles. The van der Waals surface area contributed by atoms with E-state index >= 15 is 0 Å². The number of hydrogen-bond acceptors (Lipinski definition) is 6. The highest BCUT2D eigenvalue weighted by atomic mass is 79.9. The van der Waals surface area contributed by atoms with Crippen molar-refractivity contribution in [2.24, 2.45) is 29.6 Å². The van der Waals surface area contributed by atoms with E-state index in [-0.39, 0.29) is 33.8 Å². The number of carbonyl (C=O) groups excluding carboxylic acids is 2. The first-order valence-electron chi connectivity index (χ1n) is 14.5. The number of rotatable bonds is 5. The predicted molar refractivity (Wildman–Crippen MR) is 167 cm³/mol. The molecule has 6 nitrogen and oxygen atoms in total. The summed E-state index contributed by atoms with van der Waals surface area (Å²) < 4.78 is 49.2. The molecule has 230 valence electrons. The Balaban J connectivity index is 1.21. The SMILES string of the molecule is O=C1C2C(C(=O)N1c1ccccc1C(F)(F)F)[C@@H]1C[C@H]2C2Sc3[nH]c(=O)sc3C(c3cc(Br)ccc3OCc3ccccc3)C21. The number of H-pyrrole nitrogens is 1. The molecule has 45 heavy (non-hydrogen) atoms. The van der Waals surface area contributed by atoms with Crippen molar-refractivity contribution in [1.29, 1.82) is 0 Å². The van der Waals surface area contributed by atoms with E-state index in [2.05, 4.69) is 20.9 Å². The Bertz CT molecular complexity index is 1910. The van der Waals surface area contributed by atoms with Gasteiger partial charge in [-0.05, 0) is 60.1 Å². The predicted octanol–water partition coefficient (Wildman–Crippen LogP) is 7.47. The van der Waals surface area contributed by atoms with Crippen LogP contribution in [0.5, 0.6) is 5.75 Å². The van der Waals surface area contributed by atoms with Gasteiger partial charge in [0.15, 0.2) is 0 Å². The molecule has 4 aromatic rings. The second-order valence-electron chi connectivity index (χ2n) is 11.9. The minimum Gasteiger partial charge on any atom is -0.489 e. The monoisotopic (exact) mass is 712 g/mol. The lowest BCUT2D eigenvalue weighted by molar-refractivity contribution is -0.137. The molecule has 0 spiro atoms. The summed E-state index contributed by atoms with van der Waals surface area (Å²) in [6.45, 7) is 0.332. The van der Waals surface area contributed by atoms with Crippen LogP contribution in [-0.2, 0) is 22.4 Å². The van der Waals surface area contributed by atoms with Gasteiger partial charge in [-0.25, -0.2) is 4.90 Å². The lowest BCUT2D eigenvalue weighted by Gasteiger charge is -2.43. The average Bonchev–Trinajstić information content (AvgIpc) is 3.75. The summed E-state index contributed by atoms with van der Waals surface area (Å²) in [5, 5.41) is 0.625. The summed E-state index contributed by atoms with van der Waals surface area (Å²) >= 11 is 6.28. The Morgan fingerprint density at radius 2 is 1.64 bits per heavy atom. The molecular formula is C33H24BrF3N2O4S2. The van der Waals surface area contributed by atoms with Gasteiger partial charge in [0.1, 0.15) is 12.4 Å². The largest absolute Gasteiger partial charge is 0.489 e. The Hall–Kier alpha value is -3.35. The molecule has 2 amide bonds. The molecule has 2 saturated carbocycles. The maximum absolute atomic E-state index is 14.1. The molecule has 4 aliphatic rings. The lowest BCUT2D eigenvalue weighted by atomic mass is 9.68. The van der Waals surface area contributed by atoms with Crippen molar-refractivity contribution in [3.63, 3.8) is 0 Å². The summed E-state index contributed by atoms with van der Waals surface area (Å²) in [4.78, 5) is 45.1. The number of anilines is 1. The number of benzene rings is 3. The lowest BCUT2D eigenvalue weighted by Crippen LogP contribution is -2.42. The summed E-state index contributed by atoms with van der Waals surface area (Å²) in [5.74, 6) is -2.85. The summed E-state index contributed by atoms with van der Waals surface area (Å²) in [5.41, 5.74) is 0.450. The van der Waals surface area contributed by atoms with Crippen molar-refractivity contribution in [3.05, 3.63) is 109 Å². The standard InChI is InChI=1S/C33H24BrF3N2O4S2/c34-16-10-11-22(43-14-15-6-2-1-3-7-15)17(12-16)23-24-18-13-19(27(24)44-29-28(23)45-32(42)38-29)26-25(18)30(40)39(31(26)41)21-9-5-4-8-20(21)33(35,36)37/h1-12,18-19,23-27H,13-14H2,(H,38,42)/t18-,19-,23?,24?,25?,26?,27?/m1/s1. The number of ether oxygens (including phenoxy) is 1. The Labute approximate surface area is 272 Å². The zero-order valence-corrected chi connectivity index (χ0v) is 26.5. The fourth-order valence-electron chi connectivity index (χ4n) is 8.14. The zero-order chi connectivity index (χ0) is 31.2. The number of amides is 2. The minimum absolute atomic E-state index is 0.116. The van der Waals surface area contributed by atoms with E-state index in [1.165, 1.54) is 30.0 Å². The first-order valence-corrected chi connectivity index (χ1v) is 17.0. The molecule has 2 bridgehead atoms. The Morgan fingerprint density at radius 3 is 2.40 bits per heavy atom. The van der Waals surface area contributed by atoms with Crippen molar-refractivity contribution in [2.45, 2.75) is 35.4 Å². The highest BCUT2D eigenvalue weighted by molar-refractivity contribution is 9.10. The summed E-state index contributed by atoms with van der Waals surface area (Å²) in [6.07, 6.45) is -4.10. The molecule has 3 heterocycles. The number of para-hydroxylation sites is 1. The van der Waals surface area contributed by atoms with E-state index in [4.69, 9.17) is 4.74 Å². The number of nitrogens with zero attached hydrogens (tertiary/aromatic N) is 1. The van der Waals surface area contributed by atoms with Gasteiger partial charge in [0, 0.05) is 26.1 Å². The average molecular weight is 714 g/mol. The summed E-state index contributed by atoms with van der Waals surface area (Å²) in [7, 11) is 0. The van der Waals surface area contributed by atoms with Gasteiger partial charge < -0.3 is 9.72 Å². The number of fused-ring (bicyclic) bond motifs is 9. The van der Waals surface area contributed by atoms with Crippen LogP contribution in [0.3, 0.4) is 0 Å². The van der Waals surface area contributed by atoms with Gasteiger partial charge in [0.2, 0.25) is 11.8 Å². The van der Waals surface area contributed by atoms with Crippen LogP contribution >= 0.6 is 39.0 Å². The van der Waals surface area contributed by atoms with Crippen LogP contribution in [0, 0.1) is 29.6 Å². The van der Waals surface area contributed by atoms with Crippen LogP contribution in [0.4, 0.5) is 18.9 Å². The van der Waals surface area contributed by atoms with Gasteiger partial charge in [-0.1, -0.05) is 69.7 Å². The van der Waals surface area contributed by atoms with Crippen LogP contribution in [0.15, 0.2) is 87.1 Å². The number of halogens is 4. The van der Waals surface area contributed by atoms with Crippen molar-refractivity contribution in [1.82, 2.24) is 4.98 Å². The topological polar surface area (TPSA) is 79.5 Å². The molecule has 1 aromatic heterocycles. The number of thioether (sulfide) groups is 1. The molecule has 1 saturated heterocycles. The van der Waals surface area contributed by atoms with Gasteiger partial charge >= 0.3 is 11.0 Å². The smallest absolute Gasteiger partial charge is 0.418 e. The molecule has 3 fully saturated rings. The van der Waals surface area contributed by atoms with Crippen LogP contribution in [0.2, 0.25) is 0 Å². The van der Waals surface area contributed by atoms with Crippen molar-refractivity contribution < 1.29 is 27.5 Å². The fraction of sp³-hybridized carbons (Fsp3) is 0.303. The molecule has 2 aliphatic heterocycles. The number of aromatic amines is 1. The quantitative estimate of drug-likeness (QED) is 0.217. The minimum atomic E-state index is -4.72. The molecule has 2 aliphatic carbocycles. The van der Waals surface area contributed by atoms with Gasteiger partial charge in [-0.2, -0.15) is 13.2 Å². The fourth-order valence-corrected chi connectivity index (χ4v) is 11.4. The second kappa shape index (κ2) is 10.6. The van der Waals surface area contributed by atoms with E-state index in [9.17, 15) is 27.6 Å². The molecule has 12 heteroatoms. The third kappa shape index (κ3) is 4.54. The highest BCUT2D eigenvalue weighted by Gasteiger charge is 2.70. The molecule has 8 rings (SSSR count). The first kappa shape index (κ1) is 29.1. The van der Waals surface area contributed by atoms with Crippen molar-refractivity contribution in [2.75, 3.05) is 4.90 Å². The van der Waals surface area contributed by atoms with Gasteiger partial charge in [0.05, 0.1) is 28.1 Å². The zero-order valence-electron chi connectivity index (χ0n) is 23.3. The summed E-state index contributed by atoms with van der Waals surface area (Å²) in [6, 6.07) is 20.3. The maximum atomic E-state index is 14.1. The Kier molecular flexibility index (Phi) is 6.85.